The average molecular weight is 662 g/mol. The second kappa shape index (κ2) is 20.3. The summed E-state index contributed by atoms with van der Waals surface area (Å²) in [5.41, 5.74) is -3.52. The first-order valence-electron chi connectivity index (χ1n) is 10.3. The smallest absolute Gasteiger partial charge is 0.550 e. The molecule has 0 aliphatic carbocycles. The van der Waals surface area contributed by atoms with Crippen molar-refractivity contribution >= 4 is 48.0 Å². The minimum absolute atomic E-state index is 0. The number of hydrogen-bond acceptors (Lipinski definition) is 16. The van der Waals surface area contributed by atoms with E-state index in [9.17, 15) is 59.4 Å². The number of aromatic nitrogens is 4. The summed E-state index contributed by atoms with van der Waals surface area (Å²) in [6.45, 7) is 1.66. The summed E-state index contributed by atoms with van der Waals surface area (Å²) in [5, 5.41) is 76.4. The van der Waals surface area contributed by atoms with Crippen LogP contribution in [0.25, 0.3) is 12.2 Å². The third-order valence-electron chi connectivity index (χ3n) is 3.68. The quantitative estimate of drug-likeness (QED) is 0.135. The van der Waals surface area contributed by atoms with Crippen LogP contribution >= 0.6 is 0 Å². The van der Waals surface area contributed by atoms with Crippen molar-refractivity contribution in [2.75, 3.05) is 0 Å². The second-order valence-corrected chi connectivity index (χ2v) is 7.51. The maximum atomic E-state index is 9.90. The number of aromatic amines is 2. The van der Waals surface area contributed by atoms with Crippen LogP contribution in [0.1, 0.15) is 38.1 Å². The zero-order chi connectivity index (χ0) is 31.5. The number of aliphatic hydroxyl groups is 2. The Morgan fingerprint density at radius 1 is 0.707 bits per heavy atom. The van der Waals surface area contributed by atoms with E-state index in [1.54, 1.807) is 12.4 Å². The molecule has 0 fully saturated rings. The number of nitrogens with one attached hydrogen (secondary N) is 2. The summed E-state index contributed by atoms with van der Waals surface area (Å²) in [5.74, 6) is -9.34. The van der Waals surface area contributed by atoms with Gasteiger partial charge in [0.1, 0.15) is 11.2 Å². The Morgan fingerprint density at radius 3 is 1.15 bits per heavy atom. The molecule has 19 heteroatoms. The first kappa shape index (κ1) is 40.8. The molecular formula is C22H22MoN4O14. The van der Waals surface area contributed by atoms with Crippen molar-refractivity contribution in [1.29, 1.82) is 0 Å². The molecule has 0 aliphatic rings. The predicted octanol–water partition coefficient (Wildman–Crippen LogP) is -8.40. The van der Waals surface area contributed by atoms with Crippen LogP contribution < -0.4 is 30.6 Å². The van der Waals surface area contributed by atoms with Crippen LogP contribution in [0, 0.1) is 0 Å². The Bertz CT molecular complexity index is 1080. The molecule has 2 heterocycles. The summed E-state index contributed by atoms with van der Waals surface area (Å²) < 4.78 is 0. The van der Waals surface area contributed by atoms with Crippen LogP contribution in [0.5, 0.6) is 0 Å². The van der Waals surface area contributed by atoms with Gasteiger partial charge in [-0.1, -0.05) is 0 Å². The summed E-state index contributed by atoms with van der Waals surface area (Å²) in [4.78, 5) is 71.9. The molecule has 2 rings (SSSR count). The Hall–Kier alpha value is -4.67. The molecule has 0 aliphatic heterocycles. The van der Waals surface area contributed by atoms with E-state index in [2.05, 4.69) is 19.9 Å². The molecule has 18 nitrogen and oxygen atoms in total. The number of rotatable bonds is 10. The minimum Gasteiger partial charge on any atom is -0.550 e. The number of carbonyl (C=O) groups excluding carboxylic acids is 6. The topological polar surface area (TPSA) is 339 Å². The van der Waals surface area contributed by atoms with Crippen LogP contribution in [0.2, 0.25) is 0 Å². The molecule has 2 aromatic rings. The van der Waals surface area contributed by atoms with Gasteiger partial charge in [-0.25, -0.2) is 9.97 Å². The van der Waals surface area contributed by atoms with Gasteiger partial charge in [0.15, 0.2) is 0 Å². The molecule has 2 aromatic heterocycles. The molecule has 0 radical (unpaired) electrons. The fourth-order valence-electron chi connectivity index (χ4n) is 1.74. The van der Waals surface area contributed by atoms with Crippen molar-refractivity contribution in [2.24, 2.45) is 0 Å². The summed E-state index contributed by atoms with van der Waals surface area (Å²) in [7, 11) is 0. The fourth-order valence-corrected chi connectivity index (χ4v) is 1.74. The van der Waals surface area contributed by atoms with E-state index < -0.39 is 59.9 Å². The molecule has 41 heavy (non-hydrogen) atoms. The van der Waals surface area contributed by atoms with E-state index in [1.807, 2.05) is 0 Å². The van der Waals surface area contributed by atoms with Crippen molar-refractivity contribution in [3.05, 3.63) is 48.6 Å². The molecule has 0 spiro atoms. The summed E-state index contributed by atoms with van der Waals surface area (Å²) >= 11 is 0. The second-order valence-electron chi connectivity index (χ2n) is 7.51. The first-order chi connectivity index (χ1) is 18.3. The number of aliphatic carboxylic acids is 6. The Kier molecular flexibility index (Phi) is 20.2. The van der Waals surface area contributed by atoms with Gasteiger partial charge in [-0.2, -0.15) is 0 Å². The third kappa shape index (κ3) is 23.0. The van der Waals surface area contributed by atoms with Gasteiger partial charge in [0.2, 0.25) is 0 Å². The van der Waals surface area contributed by atoms with Crippen LogP contribution in [0.15, 0.2) is 37.2 Å². The number of carbonyl (C=O) groups is 6. The Labute approximate surface area is 245 Å². The number of nitrogens with zero attached hydrogens (tertiary/aromatic N) is 2. The van der Waals surface area contributed by atoms with Gasteiger partial charge in [0.05, 0.1) is 47.9 Å². The standard InChI is InChI=1S/2C6H6N2O2.2C5H8O5.Mo/c2*9-6(10)2-1-5-3-7-4-8-5;2*1-5(10,4(8)9)2-3(6)7;/h2*1-4H,(H,7,8)(H,9,10);2*10H,2H2,1H3,(H,6,7)(H,8,9);/q;;;;+6/p-6. The number of carboxylic acid groups (broad SMARTS) is 6. The average Bonchev–Trinajstić information content (AvgIpc) is 3.50. The van der Waals surface area contributed by atoms with Gasteiger partial charge in [-0.15, -0.1) is 0 Å². The van der Waals surface area contributed by atoms with Crippen LogP contribution in [-0.2, 0) is 49.8 Å². The van der Waals surface area contributed by atoms with E-state index in [4.69, 9.17) is 10.2 Å². The molecule has 2 atom stereocenters. The maximum absolute atomic E-state index is 9.90. The number of hydrogen-bond donors (Lipinski definition) is 4. The van der Waals surface area contributed by atoms with E-state index >= 15 is 0 Å². The molecule has 4 N–H and O–H groups in total. The summed E-state index contributed by atoms with van der Waals surface area (Å²) in [6, 6.07) is 0. The van der Waals surface area contributed by atoms with Crippen molar-refractivity contribution in [3.8, 4) is 0 Å². The predicted molar refractivity (Wildman–Crippen MR) is 116 cm³/mol. The van der Waals surface area contributed by atoms with Crippen molar-refractivity contribution in [2.45, 2.75) is 37.9 Å². The molecule has 0 amide bonds. The van der Waals surface area contributed by atoms with Gasteiger partial charge in [0.25, 0.3) is 0 Å². The van der Waals surface area contributed by atoms with Crippen molar-refractivity contribution in [1.82, 2.24) is 19.9 Å². The zero-order valence-corrected chi connectivity index (χ0v) is 23.1. The van der Waals surface area contributed by atoms with E-state index in [0.29, 0.717) is 11.4 Å². The fraction of sp³-hybridized carbons (Fsp3) is 0.273. The number of H-pyrrole nitrogens is 2. The Morgan fingerprint density at radius 2 is 1.00 bits per heavy atom. The van der Waals surface area contributed by atoms with Crippen LogP contribution in [-0.4, -0.2) is 77.2 Å². The Balaban J connectivity index is -0.000000466. The monoisotopic (exact) mass is 664 g/mol. The SMILES string of the molecule is CC(O)(CC(=O)[O-])C(=O)[O-].CC(O)(CC(=O)[O-])C(=O)[O-].O=C([O-])C=Cc1c[nH]cn1.O=C([O-])C=Cc1c[nH]cn1.[Mo+6]. The molecule has 0 saturated heterocycles. The first-order valence-corrected chi connectivity index (χ1v) is 10.3. The van der Waals surface area contributed by atoms with Crippen molar-refractivity contribution < 1.29 is 90.7 Å². The molecular weight excluding hydrogens is 640 g/mol. The van der Waals surface area contributed by atoms with Crippen LogP contribution in [0.3, 0.4) is 0 Å². The molecule has 0 saturated carbocycles. The number of imidazole rings is 2. The zero-order valence-electron chi connectivity index (χ0n) is 21.1. The maximum Gasteiger partial charge on any atom is 6.00 e. The van der Waals surface area contributed by atoms with Gasteiger partial charge in [0, 0.05) is 37.2 Å². The molecule has 0 aromatic carbocycles. The van der Waals surface area contributed by atoms with Gasteiger partial charge in [-0.05, 0) is 38.2 Å². The third-order valence-corrected chi connectivity index (χ3v) is 3.68. The largest absolute Gasteiger partial charge is 6.00 e. The van der Waals surface area contributed by atoms with Crippen LogP contribution in [0.4, 0.5) is 0 Å². The van der Waals surface area contributed by atoms with Crippen molar-refractivity contribution in [3.63, 3.8) is 0 Å². The van der Waals surface area contributed by atoms with Gasteiger partial charge in [-0.3, -0.25) is 0 Å². The van der Waals surface area contributed by atoms with Gasteiger partial charge < -0.3 is 79.6 Å². The molecule has 0 bridgehead atoms. The van der Waals surface area contributed by atoms with Gasteiger partial charge >= 0.3 is 21.1 Å². The molecule has 220 valence electrons. The van der Waals surface area contributed by atoms with E-state index in [0.717, 1.165) is 26.0 Å². The minimum atomic E-state index is -2.33. The van der Waals surface area contributed by atoms with E-state index in [-0.39, 0.29) is 21.1 Å². The molecule has 2 unspecified atom stereocenters. The van der Waals surface area contributed by atoms with E-state index in [1.165, 1.54) is 24.8 Å². The normalized spacial score (nSPS) is 12.8. The summed E-state index contributed by atoms with van der Waals surface area (Å²) in [6.07, 6.45) is 8.73. The number of carboxylic acids is 6.